The lowest BCUT2D eigenvalue weighted by Crippen LogP contribution is -2.60. The molecule has 0 spiro atoms. The van der Waals surface area contributed by atoms with E-state index < -0.39 is 68.6 Å². The van der Waals surface area contributed by atoms with E-state index >= 15 is 0 Å². The normalized spacial score (nSPS) is 44.9. The van der Waals surface area contributed by atoms with Crippen molar-refractivity contribution in [2.24, 2.45) is 5.11 Å². The summed E-state index contributed by atoms with van der Waals surface area (Å²) in [6, 6.07) is 0. The Labute approximate surface area is 148 Å². The molecule has 0 amide bonds. The highest BCUT2D eigenvalue weighted by Crippen LogP contribution is 2.24. The molecule has 9 atom stereocenters. The maximum absolute atomic E-state index is 10.7. The van der Waals surface area contributed by atoms with Gasteiger partial charge in [-0.15, -0.1) is 0 Å². The Kier molecular flexibility index (Phi) is 7.60. The number of hydrogen-bond donors (Lipinski definition) is 6. The first kappa shape index (κ1) is 21.3. The number of hydrogen-bond acceptors (Lipinski definition) is 12. The van der Waals surface area contributed by atoms with E-state index in [0.717, 1.165) is 7.05 Å². The van der Waals surface area contributed by atoms with Crippen LogP contribution in [-0.4, -0.2) is 118 Å². The lowest BCUT2D eigenvalue weighted by molar-refractivity contribution is -0.505. The molecular weight excluding hydrogens is 360 g/mol. The molecule has 2 aliphatic rings. The summed E-state index contributed by atoms with van der Waals surface area (Å²) in [5.41, 5.74) is 0. The van der Waals surface area contributed by atoms with Gasteiger partial charge in [-0.05, 0) is 5.11 Å². The van der Waals surface area contributed by atoms with Crippen LogP contribution in [0.4, 0.5) is 0 Å². The number of hydroxylamine groups is 1. The molecule has 152 valence electrons. The molecular formula is C13H24N2O11. The van der Waals surface area contributed by atoms with Gasteiger partial charge in [0.2, 0.25) is 6.73 Å². The Morgan fingerprint density at radius 2 is 1.62 bits per heavy atom. The molecule has 2 heterocycles. The summed E-state index contributed by atoms with van der Waals surface area (Å²) in [5, 5.41) is 72.5. The van der Waals surface area contributed by atoms with Crippen LogP contribution in [0.25, 0.3) is 0 Å². The van der Waals surface area contributed by atoms with Crippen LogP contribution in [0, 0.1) is 5.21 Å². The minimum atomic E-state index is -1.63. The van der Waals surface area contributed by atoms with Gasteiger partial charge in [0.25, 0.3) is 0 Å². The quantitative estimate of drug-likeness (QED) is 0.148. The van der Waals surface area contributed by atoms with Crippen molar-refractivity contribution in [1.29, 1.82) is 0 Å². The first-order valence-electron chi connectivity index (χ1n) is 7.89. The lowest BCUT2D eigenvalue weighted by Gasteiger charge is -2.41. The minimum absolute atomic E-state index is 0.239. The van der Waals surface area contributed by atoms with Crippen LogP contribution in [0.2, 0.25) is 0 Å². The summed E-state index contributed by atoms with van der Waals surface area (Å²) in [6.45, 7) is -1.12. The average molecular weight is 384 g/mol. The minimum Gasteiger partial charge on any atom is -0.600 e. The van der Waals surface area contributed by atoms with E-state index in [1.165, 1.54) is 0 Å². The van der Waals surface area contributed by atoms with Crippen LogP contribution in [0.3, 0.4) is 0 Å². The topological polar surface area (TPSA) is 197 Å². The highest BCUT2D eigenvalue weighted by molar-refractivity contribution is 4.90. The van der Waals surface area contributed by atoms with Crippen LogP contribution in [0.5, 0.6) is 0 Å². The Hall–Kier alpha value is -1.00. The molecule has 0 unspecified atom stereocenters. The van der Waals surface area contributed by atoms with Gasteiger partial charge in [0, 0.05) is 0 Å². The van der Waals surface area contributed by atoms with Gasteiger partial charge in [-0.25, -0.2) is 0 Å². The molecule has 0 aliphatic carbocycles. The Morgan fingerprint density at radius 3 is 2.27 bits per heavy atom. The van der Waals surface area contributed by atoms with Gasteiger partial charge in [0.05, 0.1) is 13.2 Å². The molecule has 13 nitrogen and oxygen atoms in total. The predicted octanol–water partition coefficient (Wildman–Crippen LogP) is -4.18. The molecule has 2 aliphatic heterocycles. The zero-order valence-electron chi connectivity index (χ0n) is 13.9. The van der Waals surface area contributed by atoms with Crippen LogP contribution in [-0.2, 0) is 18.9 Å². The smallest absolute Gasteiger partial charge is 0.203 e. The van der Waals surface area contributed by atoms with E-state index in [1.54, 1.807) is 0 Å². The lowest BCUT2D eigenvalue weighted by atomic mass is 9.99. The summed E-state index contributed by atoms with van der Waals surface area (Å²) >= 11 is 0. The van der Waals surface area contributed by atoms with E-state index in [1.807, 2.05) is 0 Å². The van der Waals surface area contributed by atoms with Gasteiger partial charge >= 0.3 is 0 Å². The SMILES string of the molecule is C/[N+]([O-])=N/CO[C@@H]1O[C@H](CO[C@H]2OC[C@@H](O)[C@H](O)[C@H]2O)[C@@H](O)[C@H](O)[C@H]1O. The Balaban J connectivity index is 1.91. The first-order chi connectivity index (χ1) is 12.2. The first-order valence-corrected chi connectivity index (χ1v) is 7.89. The van der Waals surface area contributed by atoms with Gasteiger partial charge in [0.1, 0.15) is 42.7 Å². The molecule has 2 saturated heterocycles. The predicted molar refractivity (Wildman–Crippen MR) is 78.3 cm³/mol. The fourth-order valence-electron chi connectivity index (χ4n) is 2.50. The van der Waals surface area contributed by atoms with E-state index in [-0.39, 0.29) is 11.5 Å². The van der Waals surface area contributed by atoms with Crippen molar-refractivity contribution in [3.63, 3.8) is 0 Å². The van der Waals surface area contributed by atoms with Crippen LogP contribution in [0.1, 0.15) is 0 Å². The Morgan fingerprint density at radius 1 is 0.962 bits per heavy atom. The molecule has 0 bridgehead atoms. The van der Waals surface area contributed by atoms with Gasteiger partial charge in [0.15, 0.2) is 19.6 Å². The average Bonchev–Trinajstić information content (AvgIpc) is 2.60. The Bertz CT molecular complexity index is 477. The van der Waals surface area contributed by atoms with E-state index in [4.69, 9.17) is 18.9 Å². The van der Waals surface area contributed by atoms with E-state index in [2.05, 4.69) is 5.11 Å². The third kappa shape index (κ3) is 5.04. The molecule has 0 aromatic rings. The summed E-state index contributed by atoms with van der Waals surface area (Å²) in [5.74, 6) is 0. The van der Waals surface area contributed by atoms with E-state index in [0.29, 0.717) is 0 Å². The number of rotatable bonds is 6. The highest BCUT2D eigenvalue weighted by atomic mass is 16.7. The molecule has 2 fully saturated rings. The van der Waals surface area contributed by atoms with Crippen molar-refractivity contribution in [3.8, 4) is 0 Å². The molecule has 0 aromatic heterocycles. The number of nitrogens with zero attached hydrogens (tertiary/aromatic N) is 2. The van der Waals surface area contributed by atoms with Crippen molar-refractivity contribution in [1.82, 2.24) is 0 Å². The largest absolute Gasteiger partial charge is 0.600 e. The van der Waals surface area contributed by atoms with Crippen LogP contribution >= 0.6 is 0 Å². The van der Waals surface area contributed by atoms with Gasteiger partial charge in [-0.1, -0.05) is 4.86 Å². The molecule has 0 aromatic carbocycles. The second-order valence-corrected chi connectivity index (χ2v) is 6.00. The monoisotopic (exact) mass is 384 g/mol. The molecule has 0 saturated carbocycles. The highest BCUT2D eigenvalue weighted by Gasteiger charge is 2.45. The van der Waals surface area contributed by atoms with Crippen molar-refractivity contribution >= 4 is 0 Å². The standard InChI is InChI=1S/C13H24N2O11/c1-15(22)14-4-25-13-11(21)9(19)8(18)6(26-13)3-24-12-10(20)7(17)5(16)2-23-12/h5-13,16-21H,2-4H2,1H3/b15-14-/t5-,6-,7+,8-,9+,10-,11-,12-,13-/m1/s1. The van der Waals surface area contributed by atoms with E-state index in [9.17, 15) is 35.8 Å². The van der Waals surface area contributed by atoms with Crippen molar-refractivity contribution < 1.29 is 54.4 Å². The summed E-state index contributed by atoms with van der Waals surface area (Å²) in [7, 11) is 1.12. The zero-order valence-corrected chi connectivity index (χ0v) is 13.9. The van der Waals surface area contributed by atoms with Crippen LogP contribution < -0.4 is 0 Å². The number of azo groups is 1. The second kappa shape index (κ2) is 9.27. The molecule has 2 rings (SSSR count). The second-order valence-electron chi connectivity index (χ2n) is 6.00. The molecule has 26 heavy (non-hydrogen) atoms. The molecule has 6 N–H and O–H groups in total. The van der Waals surface area contributed by atoms with Crippen molar-refractivity contribution in [3.05, 3.63) is 5.21 Å². The fraction of sp³-hybridized carbons (Fsp3) is 1.00. The molecule has 0 radical (unpaired) electrons. The maximum Gasteiger partial charge on any atom is 0.203 e. The summed E-state index contributed by atoms with van der Waals surface area (Å²) < 4.78 is 20.6. The van der Waals surface area contributed by atoms with Gasteiger partial charge in [-0.2, -0.15) is 0 Å². The van der Waals surface area contributed by atoms with Crippen molar-refractivity contribution in [2.75, 3.05) is 27.0 Å². The van der Waals surface area contributed by atoms with Gasteiger partial charge < -0.3 is 54.8 Å². The summed E-state index contributed by atoms with van der Waals surface area (Å²) in [6.07, 6.45) is -12.9. The number of ether oxygens (including phenoxy) is 4. The van der Waals surface area contributed by atoms with Gasteiger partial charge in [-0.3, -0.25) is 0 Å². The van der Waals surface area contributed by atoms with Crippen LogP contribution in [0.15, 0.2) is 5.11 Å². The third-order valence-electron chi connectivity index (χ3n) is 4.04. The van der Waals surface area contributed by atoms with Crippen molar-refractivity contribution in [2.45, 2.75) is 55.3 Å². The zero-order chi connectivity index (χ0) is 19.4. The fourth-order valence-corrected chi connectivity index (χ4v) is 2.50. The summed E-state index contributed by atoms with van der Waals surface area (Å²) in [4.78, 5) is 0.239. The number of aliphatic hydroxyl groups is 6. The molecule has 13 heteroatoms. The number of aliphatic hydroxyl groups excluding tert-OH is 6. The maximum atomic E-state index is 10.7. The third-order valence-corrected chi connectivity index (χ3v) is 4.04.